The van der Waals surface area contributed by atoms with Gasteiger partial charge in [-0.25, -0.2) is 9.78 Å². The minimum Gasteiger partial charge on any atom is -0.449 e. The minimum atomic E-state index is -0.429. The Kier molecular flexibility index (Phi) is 5.74. The molecule has 7 nitrogen and oxygen atoms in total. The fraction of sp³-hybridized carbons (Fsp3) is 0.190. The van der Waals surface area contributed by atoms with E-state index >= 15 is 0 Å². The first-order valence-electron chi connectivity index (χ1n) is 8.93. The average Bonchev–Trinajstić information content (AvgIpc) is 2.73. The molecule has 0 fully saturated rings. The summed E-state index contributed by atoms with van der Waals surface area (Å²) in [6.07, 6.45) is -0.429. The number of aromatic nitrogens is 1. The van der Waals surface area contributed by atoms with Crippen molar-refractivity contribution in [2.75, 3.05) is 36.2 Å². The number of pyridine rings is 1. The van der Waals surface area contributed by atoms with Crippen molar-refractivity contribution in [2.45, 2.75) is 6.92 Å². The van der Waals surface area contributed by atoms with E-state index in [0.717, 1.165) is 10.9 Å². The normalized spacial score (nSPS) is 10.4. The summed E-state index contributed by atoms with van der Waals surface area (Å²) < 4.78 is 4.98. The van der Waals surface area contributed by atoms with Crippen LogP contribution in [0.5, 0.6) is 0 Å². The third kappa shape index (κ3) is 4.03. The van der Waals surface area contributed by atoms with Crippen molar-refractivity contribution in [1.29, 1.82) is 0 Å². The topological polar surface area (TPSA) is 83.6 Å². The van der Waals surface area contributed by atoms with Crippen LogP contribution in [0.2, 0.25) is 0 Å². The Bertz CT molecular complexity index is 1000. The quantitative estimate of drug-likeness (QED) is 0.698. The van der Waals surface area contributed by atoms with Gasteiger partial charge in [0.25, 0.3) is 5.91 Å². The number of hydrogen-bond donors (Lipinski definition) is 2. The van der Waals surface area contributed by atoms with Crippen molar-refractivity contribution in [2.24, 2.45) is 0 Å². The summed E-state index contributed by atoms with van der Waals surface area (Å²) in [5.41, 5.74) is 2.56. The smallest absolute Gasteiger partial charge is 0.413 e. The number of fused-ring (bicyclic) bond motifs is 1. The van der Waals surface area contributed by atoms with Gasteiger partial charge in [0.15, 0.2) is 0 Å². The number of nitrogens with one attached hydrogen (secondary N) is 2. The van der Waals surface area contributed by atoms with E-state index in [9.17, 15) is 9.59 Å². The molecule has 2 N–H and O–H groups in total. The number of anilines is 3. The number of ether oxygens (including phenoxy) is 1. The highest BCUT2D eigenvalue weighted by atomic mass is 16.6. The first-order chi connectivity index (χ1) is 13.5. The summed E-state index contributed by atoms with van der Waals surface area (Å²) in [5.74, 6) is 0.386. The predicted octanol–water partition coefficient (Wildman–Crippen LogP) is 4.12. The maximum absolute atomic E-state index is 12.9. The van der Waals surface area contributed by atoms with Crippen LogP contribution in [0.3, 0.4) is 0 Å². The van der Waals surface area contributed by atoms with Crippen LogP contribution >= 0.6 is 0 Å². The first-order valence-corrected chi connectivity index (χ1v) is 8.93. The van der Waals surface area contributed by atoms with Crippen LogP contribution < -0.4 is 15.5 Å². The minimum absolute atomic E-state index is 0.235. The zero-order chi connectivity index (χ0) is 20.1. The number of para-hydroxylation sites is 1. The number of carbonyl (C=O) groups excluding carboxylic acids is 2. The molecule has 28 heavy (non-hydrogen) atoms. The SMILES string of the molecule is CCOC(=O)N(C)c1ccc(NC(=O)c2cc(NC)nc3ccccc23)cc1. The lowest BCUT2D eigenvalue weighted by Crippen LogP contribution is -2.26. The molecule has 7 heteroatoms. The van der Waals surface area contributed by atoms with Gasteiger partial charge in [0.1, 0.15) is 5.82 Å². The molecular weight excluding hydrogens is 356 g/mol. The van der Waals surface area contributed by atoms with E-state index in [1.54, 1.807) is 51.4 Å². The van der Waals surface area contributed by atoms with E-state index in [1.807, 2.05) is 24.3 Å². The molecular formula is C21H22N4O3. The number of amides is 2. The largest absolute Gasteiger partial charge is 0.449 e. The maximum atomic E-state index is 12.9. The van der Waals surface area contributed by atoms with E-state index in [2.05, 4.69) is 15.6 Å². The van der Waals surface area contributed by atoms with Crippen molar-refractivity contribution < 1.29 is 14.3 Å². The standard InChI is InChI=1S/C21H22N4O3/c1-4-28-21(27)25(3)15-11-9-14(10-12-15)23-20(26)17-13-19(22-2)24-18-8-6-5-7-16(17)18/h5-13H,4H2,1-3H3,(H,22,24)(H,23,26). The van der Waals surface area contributed by atoms with E-state index in [-0.39, 0.29) is 5.91 Å². The zero-order valence-electron chi connectivity index (χ0n) is 16.0. The molecule has 0 radical (unpaired) electrons. The third-order valence-electron chi connectivity index (χ3n) is 4.27. The van der Waals surface area contributed by atoms with E-state index in [1.165, 1.54) is 4.90 Å². The van der Waals surface area contributed by atoms with Gasteiger partial charge in [-0.2, -0.15) is 0 Å². The van der Waals surface area contributed by atoms with Crippen molar-refractivity contribution >= 4 is 40.1 Å². The second-order valence-corrected chi connectivity index (χ2v) is 6.08. The molecule has 2 aromatic carbocycles. The van der Waals surface area contributed by atoms with Crippen LogP contribution in [0, 0.1) is 0 Å². The number of hydrogen-bond acceptors (Lipinski definition) is 5. The number of rotatable bonds is 5. The lowest BCUT2D eigenvalue weighted by Gasteiger charge is -2.17. The Hall–Kier alpha value is -3.61. The lowest BCUT2D eigenvalue weighted by atomic mass is 10.1. The maximum Gasteiger partial charge on any atom is 0.413 e. The first kappa shape index (κ1) is 19.2. The Morgan fingerprint density at radius 3 is 2.50 bits per heavy atom. The molecule has 0 saturated heterocycles. The van der Waals surface area contributed by atoms with Gasteiger partial charge in [-0.15, -0.1) is 0 Å². The zero-order valence-corrected chi connectivity index (χ0v) is 16.0. The summed E-state index contributed by atoms with van der Waals surface area (Å²) in [6.45, 7) is 2.07. The summed E-state index contributed by atoms with van der Waals surface area (Å²) in [7, 11) is 3.39. The fourth-order valence-corrected chi connectivity index (χ4v) is 2.78. The molecule has 2 amide bonds. The summed E-state index contributed by atoms with van der Waals surface area (Å²) in [5, 5.41) is 6.65. The molecule has 0 unspecified atom stereocenters. The van der Waals surface area contributed by atoms with Crippen LogP contribution in [-0.2, 0) is 4.74 Å². The van der Waals surface area contributed by atoms with Gasteiger partial charge >= 0.3 is 6.09 Å². The average molecular weight is 378 g/mol. The lowest BCUT2D eigenvalue weighted by molar-refractivity contribution is 0.102. The molecule has 0 aliphatic rings. The van der Waals surface area contributed by atoms with Crippen LogP contribution in [0.25, 0.3) is 10.9 Å². The van der Waals surface area contributed by atoms with Crippen molar-refractivity contribution in [3.8, 4) is 0 Å². The highest BCUT2D eigenvalue weighted by Gasteiger charge is 2.14. The number of benzene rings is 2. The summed E-state index contributed by atoms with van der Waals surface area (Å²) >= 11 is 0. The Labute approximate surface area is 163 Å². The molecule has 3 rings (SSSR count). The third-order valence-corrected chi connectivity index (χ3v) is 4.27. The van der Waals surface area contributed by atoms with Gasteiger partial charge in [0.05, 0.1) is 17.7 Å². The van der Waals surface area contributed by atoms with E-state index in [4.69, 9.17) is 4.74 Å². The number of nitrogens with zero attached hydrogens (tertiary/aromatic N) is 2. The molecule has 0 aliphatic heterocycles. The Morgan fingerprint density at radius 1 is 1.11 bits per heavy atom. The molecule has 1 heterocycles. The van der Waals surface area contributed by atoms with Gasteiger partial charge in [-0.1, -0.05) is 18.2 Å². The summed E-state index contributed by atoms with van der Waals surface area (Å²) in [6, 6.07) is 16.2. The monoisotopic (exact) mass is 378 g/mol. The molecule has 0 spiro atoms. The molecule has 144 valence electrons. The fourth-order valence-electron chi connectivity index (χ4n) is 2.78. The van der Waals surface area contributed by atoms with Gasteiger partial charge < -0.3 is 15.4 Å². The van der Waals surface area contributed by atoms with Crippen LogP contribution in [-0.4, -0.2) is 37.7 Å². The van der Waals surface area contributed by atoms with Gasteiger partial charge in [0, 0.05) is 30.9 Å². The molecule has 0 saturated carbocycles. The van der Waals surface area contributed by atoms with Crippen molar-refractivity contribution in [1.82, 2.24) is 4.98 Å². The molecule has 0 atom stereocenters. The van der Waals surface area contributed by atoms with Crippen molar-refractivity contribution in [3.05, 3.63) is 60.2 Å². The van der Waals surface area contributed by atoms with Crippen LogP contribution in [0.1, 0.15) is 17.3 Å². The van der Waals surface area contributed by atoms with E-state index in [0.29, 0.717) is 29.4 Å². The molecule has 0 bridgehead atoms. The Morgan fingerprint density at radius 2 is 1.82 bits per heavy atom. The highest BCUT2D eigenvalue weighted by Crippen LogP contribution is 2.23. The van der Waals surface area contributed by atoms with Crippen molar-refractivity contribution in [3.63, 3.8) is 0 Å². The second kappa shape index (κ2) is 8.39. The molecule has 3 aromatic rings. The van der Waals surface area contributed by atoms with Gasteiger partial charge in [-0.3, -0.25) is 9.69 Å². The van der Waals surface area contributed by atoms with Gasteiger partial charge in [0.2, 0.25) is 0 Å². The predicted molar refractivity (Wildman–Crippen MR) is 111 cm³/mol. The van der Waals surface area contributed by atoms with Crippen LogP contribution in [0.4, 0.5) is 22.0 Å². The highest BCUT2D eigenvalue weighted by molar-refractivity contribution is 6.13. The van der Waals surface area contributed by atoms with Gasteiger partial charge in [-0.05, 0) is 43.3 Å². The Balaban J connectivity index is 1.82. The molecule has 1 aromatic heterocycles. The van der Waals surface area contributed by atoms with E-state index < -0.39 is 6.09 Å². The molecule has 0 aliphatic carbocycles. The summed E-state index contributed by atoms with van der Waals surface area (Å²) in [4.78, 5) is 30.5. The number of carbonyl (C=O) groups is 2. The van der Waals surface area contributed by atoms with Crippen LogP contribution in [0.15, 0.2) is 54.6 Å². The second-order valence-electron chi connectivity index (χ2n) is 6.08.